The normalized spacial score (nSPS) is 11.8. The summed E-state index contributed by atoms with van der Waals surface area (Å²) in [7, 11) is 1.55. The largest absolute Gasteiger partial charge is 0.495 e. The minimum absolute atomic E-state index is 0.154. The summed E-state index contributed by atoms with van der Waals surface area (Å²) in [6.07, 6.45) is 0. The number of urea groups is 1. The van der Waals surface area contributed by atoms with Gasteiger partial charge in [0.1, 0.15) is 5.75 Å². The Labute approximate surface area is 121 Å². The molecule has 1 atom stereocenters. The number of hydrogen-bond acceptors (Lipinski definition) is 5. The average molecular weight is 292 g/mol. The number of amides is 2. The smallest absolute Gasteiger partial charge is 0.325 e. The van der Waals surface area contributed by atoms with E-state index in [0.29, 0.717) is 16.6 Å². The van der Waals surface area contributed by atoms with E-state index in [1.807, 2.05) is 24.4 Å². The lowest BCUT2D eigenvalue weighted by atomic mass is 10.3. The molecule has 20 heavy (non-hydrogen) atoms. The van der Waals surface area contributed by atoms with Crippen molar-refractivity contribution in [3.05, 3.63) is 35.3 Å². The highest BCUT2D eigenvalue weighted by molar-refractivity contribution is 7.13. The fourth-order valence-electron chi connectivity index (χ4n) is 1.55. The van der Waals surface area contributed by atoms with Gasteiger partial charge in [0, 0.05) is 11.4 Å². The number of nitrogens with one attached hydrogen (secondary N) is 2. The van der Waals surface area contributed by atoms with Crippen molar-refractivity contribution in [2.24, 2.45) is 5.73 Å². The predicted molar refractivity (Wildman–Crippen MR) is 80.4 cm³/mol. The molecule has 0 saturated heterocycles. The summed E-state index contributed by atoms with van der Waals surface area (Å²) in [5, 5.41) is 7.70. The quantitative estimate of drug-likeness (QED) is 0.808. The SMILES string of the molecule is COc1ccccc1NC(=O)Nc1nc(C(C)N)cs1. The van der Waals surface area contributed by atoms with Crippen LogP contribution in [0.5, 0.6) is 5.75 Å². The molecule has 106 valence electrons. The van der Waals surface area contributed by atoms with Gasteiger partial charge in [0.2, 0.25) is 0 Å². The fourth-order valence-corrected chi connectivity index (χ4v) is 2.36. The van der Waals surface area contributed by atoms with Gasteiger partial charge in [-0.05, 0) is 19.1 Å². The Morgan fingerprint density at radius 2 is 2.15 bits per heavy atom. The molecule has 0 fully saturated rings. The van der Waals surface area contributed by atoms with E-state index in [-0.39, 0.29) is 12.1 Å². The van der Waals surface area contributed by atoms with Gasteiger partial charge < -0.3 is 15.8 Å². The Morgan fingerprint density at radius 1 is 1.40 bits per heavy atom. The predicted octanol–water partition coefficient (Wildman–Crippen LogP) is 2.82. The van der Waals surface area contributed by atoms with Crippen molar-refractivity contribution in [3.63, 3.8) is 0 Å². The molecule has 1 aromatic carbocycles. The number of hydrogen-bond donors (Lipinski definition) is 3. The van der Waals surface area contributed by atoms with Crippen LogP contribution in [0.3, 0.4) is 0 Å². The van der Waals surface area contributed by atoms with Gasteiger partial charge in [-0.25, -0.2) is 9.78 Å². The number of aromatic nitrogens is 1. The summed E-state index contributed by atoms with van der Waals surface area (Å²) in [5.41, 5.74) is 7.06. The average Bonchev–Trinajstić information content (AvgIpc) is 2.88. The number of benzene rings is 1. The van der Waals surface area contributed by atoms with E-state index in [4.69, 9.17) is 10.5 Å². The van der Waals surface area contributed by atoms with E-state index in [0.717, 1.165) is 5.69 Å². The molecule has 0 radical (unpaired) electrons. The standard InChI is InChI=1S/C13H16N4O2S/c1-8(14)10-7-20-13(16-10)17-12(18)15-9-5-3-4-6-11(9)19-2/h3-8H,14H2,1-2H3,(H2,15,16,17,18). The lowest BCUT2D eigenvalue weighted by molar-refractivity contribution is 0.262. The monoisotopic (exact) mass is 292 g/mol. The van der Waals surface area contributed by atoms with Gasteiger partial charge >= 0.3 is 6.03 Å². The molecule has 6 nitrogen and oxygen atoms in total. The third-order valence-corrected chi connectivity index (χ3v) is 3.34. The summed E-state index contributed by atoms with van der Waals surface area (Å²) in [5.74, 6) is 0.595. The number of para-hydroxylation sites is 2. The summed E-state index contributed by atoms with van der Waals surface area (Å²) in [6, 6.07) is 6.65. The van der Waals surface area contributed by atoms with Crippen molar-refractivity contribution in [2.45, 2.75) is 13.0 Å². The van der Waals surface area contributed by atoms with E-state index in [1.165, 1.54) is 11.3 Å². The molecule has 2 amide bonds. The Morgan fingerprint density at radius 3 is 2.80 bits per heavy atom. The van der Waals surface area contributed by atoms with Crippen molar-refractivity contribution >= 4 is 28.2 Å². The highest BCUT2D eigenvalue weighted by atomic mass is 32.1. The molecule has 0 aliphatic heterocycles. The van der Waals surface area contributed by atoms with Crippen LogP contribution in [0.4, 0.5) is 15.6 Å². The number of carbonyl (C=O) groups is 1. The Hall–Kier alpha value is -2.12. The maximum absolute atomic E-state index is 11.9. The molecule has 0 saturated carbocycles. The summed E-state index contributed by atoms with van der Waals surface area (Å²) in [6.45, 7) is 1.84. The third kappa shape index (κ3) is 3.46. The van der Waals surface area contributed by atoms with Crippen molar-refractivity contribution < 1.29 is 9.53 Å². The highest BCUT2D eigenvalue weighted by Crippen LogP contribution is 2.24. The molecule has 1 aromatic heterocycles. The minimum atomic E-state index is -0.375. The first-order valence-electron chi connectivity index (χ1n) is 6.02. The summed E-state index contributed by atoms with van der Waals surface area (Å²) < 4.78 is 5.16. The number of anilines is 2. The Bertz CT molecular complexity index is 598. The van der Waals surface area contributed by atoms with Crippen molar-refractivity contribution in [1.29, 1.82) is 0 Å². The van der Waals surface area contributed by atoms with Crippen LogP contribution in [0.2, 0.25) is 0 Å². The molecular formula is C13H16N4O2S. The maximum Gasteiger partial charge on any atom is 0.325 e. The molecule has 0 aliphatic rings. The third-order valence-electron chi connectivity index (χ3n) is 2.56. The van der Waals surface area contributed by atoms with E-state index in [2.05, 4.69) is 15.6 Å². The summed E-state index contributed by atoms with van der Waals surface area (Å²) in [4.78, 5) is 16.1. The van der Waals surface area contributed by atoms with E-state index in [9.17, 15) is 4.79 Å². The Kier molecular flexibility index (Phi) is 4.54. The van der Waals surface area contributed by atoms with Gasteiger partial charge in [0.15, 0.2) is 5.13 Å². The molecule has 2 rings (SSSR count). The van der Waals surface area contributed by atoms with Gasteiger partial charge in [0.25, 0.3) is 0 Å². The number of thiazole rings is 1. The van der Waals surface area contributed by atoms with Gasteiger partial charge in [0.05, 0.1) is 18.5 Å². The van der Waals surface area contributed by atoms with Gasteiger partial charge in [-0.2, -0.15) is 0 Å². The maximum atomic E-state index is 11.9. The highest BCUT2D eigenvalue weighted by Gasteiger charge is 2.10. The number of methoxy groups -OCH3 is 1. The van der Waals surface area contributed by atoms with Gasteiger partial charge in [-0.15, -0.1) is 11.3 Å². The zero-order valence-corrected chi connectivity index (χ0v) is 12.0. The number of nitrogens with zero attached hydrogens (tertiary/aromatic N) is 1. The van der Waals surface area contributed by atoms with E-state index in [1.54, 1.807) is 19.2 Å². The number of ether oxygens (including phenoxy) is 1. The van der Waals surface area contributed by atoms with E-state index >= 15 is 0 Å². The van der Waals surface area contributed by atoms with E-state index < -0.39 is 0 Å². The molecule has 1 unspecified atom stereocenters. The van der Waals surface area contributed by atoms with Crippen LogP contribution in [-0.2, 0) is 0 Å². The lowest BCUT2D eigenvalue weighted by Gasteiger charge is -2.09. The van der Waals surface area contributed by atoms with Crippen molar-refractivity contribution in [2.75, 3.05) is 17.7 Å². The molecule has 4 N–H and O–H groups in total. The van der Waals surface area contributed by atoms with Crippen molar-refractivity contribution in [1.82, 2.24) is 4.98 Å². The second kappa shape index (κ2) is 6.36. The molecular weight excluding hydrogens is 276 g/mol. The first-order valence-corrected chi connectivity index (χ1v) is 6.90. The van der Waals surface area contributed by atoms with Crippen LogP contribution in [0, 0.1) is 0 Å². The summed E-state index contributed by atoms with van der Waals surface area (Å²) >= 11 is 1.33. The lowest BCUT2D eigenvalue weighted by Crippen LogP contribution is -2.19. The van der Waals surface area contributed by atoms with Crippen LogP contribution in [-0.4, -0.2) is 18.1 Å². The Balaban J connectivity index is 2.01. The molecule has 2 aromatic rings. The molecule has 0 aliphatic carbocycles. The minimum Gasteiger partial charge on any atom is -0.495 e. The zero-order valence-electron chi connectivity index (χ0n) is 11.2. The molecule has 0 bridgehead atoms. The first-order chi connectivity index (χ1) is 9.60. The second-order valence-corrected chi connectivity index (χ2v) is 5.00. The van der Waals surface area contributed by atoms with Crippen LogP contribution in [0.15, 0.2) is 29.6 Å². The van der Waals surface area contributed by atoms with Crippen LogP contribution < -0.4 is 21.1 Å². The molecule has 0 spiro atoms. The zero-order chi connectivity index (χ0) is 14.5. The fraction of sp³-hybridized carbons (Fsp3) is 0.231. The van der Waals surface area contributed by atoms with Crippen LogP contribution >= 0.6 is 11.3 Å². The molecule has 7 heteroatoms. The number of rotatable bonds is 4. The number of carbonyl (C=O) groups excluding carboxylic acids is 1. The van der Waals surface area contributed by atoms with Crippen molar-refractivity contribution in [3.8, 4) is 5.75 Å². The molecule has 1 heterocycles. The van der Waals surface area contributed by atoms with Gasteiger partial charge in [-0.3, -0.25) is 5.32 Å². The van der Waals surface area contributed by atoms with Crippen LogP contribution in [0.25, 0.3) is 0 Å². The second-order valence-electron chi connectivity index (χ2n) is 4.15. The van der Waals surface area contributed by atoms with Gasteiger partial charge in [-0.1, -0.05) is 12.1 Å². The number of nitrogens with two attached hydrogens (primary N) is 1. The topological polar surface area (TPSA) is 89.3 Å². The first kappa shape index (κ1) is 14.3. The van der Waals surface area contributed by atoms with Crippen LogP contribution in [0.1, 0.15) is 18.7 Å².